The zero-order valence-corrected chi connectivity index (χ0v) is 20.0. The first-order valence-electron chi connectivity index (χ1n) is 9.18. The summed E-state index contributed by atoms with van der Waals surface area (Å²) in [6.45, 7) is 3.81. The molecule has 0 aliphatic heterocycles. The molecule has 0 aliphatic carbocycles. The largest absolute Gasteiger partial charge is 0.492 e. The van der Waals surface area contributed by atoms with Crippen LogP contribution in [0, 0.1) is 11.6 Å². The van der Waals surface area contributed by atoms with Crippen LogP contribution in [-0.4, -0.2) is 46.9 Å². The average Bonchev–Trinajstić information content (AvgIpc) is 2.67. The van der Waals surface area contributed by atoms with Gasteiger partial charge in [-0.05, 0) is 43.2 Å². The van der Waals surface area contributed by atoms with E-state index >= 15 is 0 Å². The molecule has 0 spiro atoms. The summed E-state index contributed by atoms with van der Waals surface area (Å²) in [5.41, 5.74) is 0.985. The third-order valence-electron chi connectivity index (χ3n) is 3.92. The fourth-order valence-electron chi connectivity index (χ4n) is 2.45. The number of nitrogens with zero attached hydrogens (tertiary/aromatic N) is 1. The van der Waals surface area contributed by atoms with E-state index in [0.717, 1.165) is 17.7 Å². The molecule has 10 heteroatoms. The summed E-state index contributed by atoms with van der Waals surface area (Å²) >= 11 is 0. The van der Waals surface area contributed by atoms with Crippen molar-refractivity contribution in [2.45, 2.75) is 18.2 Å². The minimum absolute atomic E-state index is 0. The van der Waals surface area contributed by atoms with Gasteiger partial charge in [0.1, 0.15) is 12.4 Å². The Bertz CT molecular complexity index is 939. The lowest BCUT2D eigenvalue weighted by Crippen LogP contribution is -2.39. The summed E-state index contributed by atoms with van der Waals surface area (Å²) in [6.07, 6.45) is 1.84. The van der Waals surface area contributed by atoms with Crippen LogP contribution in [0.15, 0.2) is 52.4 Å². The fourth-order valence-corrected chi connectivity index (χ4v) is 3.08. The molecule has 0 aliphatic rings. The van der Waals surface area contributed by atoms with Gasteiger partial charge in [0.2, 0.25) is 0 Å². The van der Waals surface area contributed by atoms with Crippen LogP contribution in [0.25, 0.3) is 0 Å². The van der Waals surface area contributed by atoms with Crippen LogP contribution in [0.2, 0.25) is 0 Å². The molecule has 0 radical (unpaired) electrons. The number of rotatable bonds is 9. The first kappa shape index (κ1) is 26.1. The Balaban J connectivity index is 0.00000450. The molecule has 0 saturated heterocycles. The average molecular weight is 553 g/mol. The number of ether oxygens (including phenoxy) is 1. The number of nitrogens with one attached hydrogen (secondary N) is 2. The minimum atomic E-state index is -3.20. The number of aliphatic imine (C=N–C) groups is 1. The van der Waals surface area contributed by atoms with Gasteiger partial charge in [0, 0.05) is 25.4 Å². The van der Waals surface area contributed by atoms with E-state index in [2.05, 4.69) is 15.6 Å². The lowest BCUT2D eigenvalue weighted by Gasteiger charge is -2.12. The summed E-state index contributed by atoms with van der Waals surface area (Å²) in [5.74, 6) is -1.00. The van der Waals surface area contributed by atoms with Gasteiger partial charge in [0.15, 0.2) is 27.4 Å². The molecule has 2 aromatic carbocycles. The second-order valence-corrected chi connectivity index (χ2v) is 8.29. The smallest absolute Gasteiger partial charge is 0.191 e. The van der Waals surface area contributed by atoms with Crippen LogP contribution < -0.4 is 15.4 Å². The Morgan fingerprint density at radius 2 is 1.77 bits per heavy atom. The Kier molecular flexibility index (Phi) is 11.0. The predicted octanol–water partition coefficient (Wildman–Crippen LogP) is 3.16. The van der Waals surface area contributed by atoms with E-state index < -0.39 is 21.5 Å². The molecule has 166 valence electrons. The van der Waals surface area contributed by atoms with Gasteiger partial charge in [-0.2, -0.15) is 0 Å². The van der Waals surface area contributed by atoms with E-state index in [4.69, 9.17) is 4.74 Å². The molecule has 6 nitrogen and oxygen atoms in total. The normalized spacial score (nSPS) is 11.5. The maximum absolute atomic E-state index is 13.1. The monoisotopic (exact) mass is 553 g/mol. The third-order valence-corrected chi connectivity index (χ3v) is 5.05. The summed E-state index contributed by atoms with van der Waals surface area (Å²) in [7, 11) is -3.20. The lowest BCUT2D eigenvalue weighted by atomic mass is 10.1. The van der Waals surface area contributed by atoms with Gasteiger partial charge in [0.25, 0.3) is 0 Å². The Morgan fingerprint density at radius 1 is 1.07 bits per heavy atom. The highest BCUT2D eigenvalue weighted by Crippen LogP contribution is 2.15. The molecular weight excluding hydrogens is 527 g/mol. The standard InChI is InChI=1S/C20H25F2N3O3S.HI/c1-3-23-20(25-12-13-28-16-6-9-18(21)19(22)14-16)24-11-10-15-4-7-17(8-5-15)29(2,26)27;/h4-9,14H,3,10-13H2,1-2H3,(H2,23,24,25);1H. The second kappa shape index (κ2) is 12.7. The van der Waals surface area contributed by atoms with Gasteiger partial charge in [-0.3, -0.25) is 4.99 Å². The summed E-state index contributed by atoms with van der Waals surface area (Å²) < 4.78 is 54.4. The molecule has 0 saturated carbocycles. The molecule has 30 heavy (non-hydrogen) atoms. The minimum Gasteiger partial charge on any atom is -0.492 e. The molecule has 0 atom stereocenters. The molecular formula is C20H26F2IN3O3S. The van der Waals surface area contributed by atoms with Crippen molar-refractivity contribution >= 4 is 39.8 Å². The molecule has 0 bridgehead atoms. The van der Waals surface area contributed by atoms with Crippen LogP contribution >= 0.6 is 24.0 Å². The number of halogens is 3. The molecule has 2 rings (SSSR count). The van der Waals surface area contributed by atoms with Crippen LogP contribution in [0.5, 0.6) is 5.75 Å². The van der Waals surface area contributed by atoms with Gasteiger partial charge in [-0.25, -0.2) is 17.2 Å². The summed E-state index contributed by atoms with van der Waals surface area (Å²) in [5, 5.41) is 6.21. The molecule has 0 amide bonds. The Hall–Kier alpha value is -1.95. The zero-order valence-electron chi connectivity index (χ0n) is 16.8. The third kappa shape index (κ3) is 8.82. The molecule has 0 aromatic heterocycles. The first-order chi connectivity index (χ1) is 13.8. The predicted molar refractivity (Wildman–Crippen MR) is 125 cm³/mol. The SMILES string of the molecule is CCNC(=NCCc1ccc(S(C)(=O)=O)cc1)NCCOc1ccc(F)c(F)c1.I. The van der Waals surface area contributed by atoms with E-state index in [1.54, 1.807) is 24.3 Å². The van der Waals surface area contributed by atoms with Crippen molar-refractivity contribution in [3.05, 3.63) is 59.7 Å². The van der Waals surface area contributed by atoms with E-state index in [1.807, 2.05) is 6.92 Å². The van der Waals surface area contributed by atoms with E-state index in [-0.39, 0.29) is 36.3 Å². The van der Waals surface area contributed by atoms with Crippen molar-refractivity contribution in [1.29, 1.82) is 0 Å². The second-order valence-electron chi connectivity index (χ2n) is 6.28. The highest BCUT2D eigenvalue weighted by molar-refractivity contribution is 14.0. The number of hydrogen-bond acceptors (Lipinski definition) is 4. The van der Waals surface area contributed by atoms with E-state index in [9.17, 15) is 17.2 Å². The van der Waals surface area contributed by atoms with Gasteiger partial charge in [-0.1, -0.05) is 12.1 Å². The molecule has 2 N–H and O–H groups in total. The Labute approximate surface area is 193 Å². The maximum Gasteiger partial charge on any atom is 0.191 e. The fraction of sp³-hybridized carbons (Fsp3) is 0.350. The first-order valence-corrected chi connectivity index (χ1v) is 11.1. The maximum atomic E-state index is 13.1. The zero-order chi connectivity index (χ0) is 21.3. The van der Waals surface area contributed by atoms with Crippen molar-refractivity contribution in [3.63, 3.8) is 0 Å². The van der Waals surface area contributed by atoms with Crippen molar-refractivity contribution in [3.8, 4) is 5.75 Å². The lowest BCUT2D eigenvalue weighted by molar-refractivity contribution is 0.318. The topological polar surface area (TPSA) is 79.8 Å². The van der Waals surface area contributed by atoms with Crippen LogP contribution in [0.3, 0.4) is 0 Å². The number of guanidine groups is 1. The highest BCUT2D eigenvalue weighted by atomic mass is 127. The van der Waals surface area contributed by atoms with Gasteiger partial charge < -0.3 is 15.4 Å². The molecule has 0 fully saturated rings. The number of sulfone groups is 1. The van der Waals surface area contributed by atoms with Crippen molar-refractivity contribution in [2.24, 2.45) is 4.99 Å². The Morgan fingerprint density at radius 3 is 2.37 bits per heavy atom. The van der Waals surface area contributed by atoms with Gasteiger partial charge in [0.05, 0.1) is 11.4 Å². The van der Waals surface area contributed by atoms with Crippen molar-refractivity contribution < 1.29 is 21.9 Å². The molecule has 0 heterocycles. The molecule has 0 unspecified atom stereocenters. The van der Waals surface area contributed by atoms with Crippen LogP contribution in [-0.2, 0) is 16.3 Å². The summed E-state index contributed by atoms with van der Waals surface area (Å²) in [4.78, 5) is 4.75. The highest BCUT2D eigenvalue weighted by Gasteiger charge is 2.06. The van der Waals surface area contributed by atoms with Gasteiger partial charge in [-0.15, -0.1) is 24.0 Å². The number of benzene rings is 2. The summed E-state index contributed by atoms with van der Waals surface area (Å²) in [6, 6.07) is 10.1. The van der Waals surface area contributed by atoms with Crippen molar-refractivity contribution in [2.75, 3.05) is 32.5 Å². The quantitative estimate of drug-likeness (QED) is 0.216. The van der Waals surface area contributed by atoms with E-state index in [0.29, 0.717) is 36.9 Å². The van der Waals surface area contributed by atoms with Crippen molar-refractivity contribution in [1.82, 2.24) is 10.6 Å². The van der Waals surface area contributed by atoms with Gasteiger partial charge >= 0.3 is 0 Å². The van der Waals surface area contributed by atoms with Crippen LogP contribution in [0.1, 0.15) is 12.5 Å². The number of hydrogen-bond donors (Lipinski definition) is 2. The molecule has 2 aromatic rings. The van der Waals surface area contributed by atoms with E-state index in [1.165, 1.54) is 12.3 Å². The van der Waals surface area contributed by atoms with Crippen LogP contribution in [0.4, 0.5) is 8.78 Å².